The lowest BCUT2D eigenvalue weighted by Gasteiger charge is -2.17. The van der Waals surface area contributed by atoms with Crippen molar-refractivity contribution in [2.75, 3.05) is 12.4 Å². The smallest absolute Gasteiger partial charge is 0.251 e. The molecule has 0 aliphatic carbocycles. The van der Waals surface area contributed by atoms with Crippen molar-refractivity contribution in [3.8, 4) is 0 Å². The fraction of sp³-hybridized carbons (Fsp3) is 0.312. The molecule has 0 bridgehead atoms. The number of furan rings is 1. The molecule has 1 atom stereocenters. The van der Waals surface area contributed by atoms with Crippen molar-refractivity contribution >= 4 is 11.6 Å². The van der Waals surface area contributed by atoms with Gasteiger partial charge in [-0.1, -0.05) is 6.07 Å². The molecule has 0 saturated heterocycles. The van der Waals surface area contributed by atoms with Crippen LogP contribution in [0.1, 0.15) is 28.6 Å². The predicted molar refractivity (Wildman–Crippen MR) is 80.1 cm³/mol. The minimum atomic E-state index is -0.0771. The van der Waals surface area contributed by atoms with E-state index >= 15 is 0 Å². The molecule has 1 heterocycles. The number of rotatable bonds is 5. The second kappa shape index (κ2) is 6.28. The summed E-state index contributed by atoms with van der Waals surface area (Å²) in [6.45, 7) is 4.12. The molecule has 2 rings (SSSR count). The van der Waals surface area contributed by atoms with Crippen LogP contribution in [0.15, 0.2) is 41.0 Å². The molecule has 0 aliphatic rings. The largest absolute Gasteiger partial charge is 0.469 e. The average Bonchev–Trinajstić information content (AvgIpc) is 2.93. The van der Waals surface area contributed by atoms with Crippen LogP contribution in [0.3, 0.4) is 0 Å². The van der Waals surface area contributed by atoms with E-state index in [9.17, 15) is 4.79 Å². The first-order chi connectivity index (χ1) is 9.60. The molecule has 20 heavy (non-hydrogen) atoms. The number of nitrogens with one attached hydrogen (secondary N) is 2. The van der Waals surface area contributed by atoms with Crippen LogP contribution >= 0.6 is 0 Å². The first kappa shape index (κ1) is 14.2. The second-order valence-electron chi connectivity index (χ2n) is 4.94. The van der Waals surface area contributed by atoms with Gasteiger partial charge in [-0.3, -0.25) is 4.79 Å². The summed E-state index contributed by atoms with van der Waals surface area (Å²) in [5, 5.41) is 6.06. The number of carbonyl (C=O) groups is 1. The number of carbonyl (C=O) groups excluding carboxylic acids is 1. The van der Waals surface area contributed by atoms with Gasteiger partial charge < -0.3 is 15.1 Å². The highest BCUT2D eigenvalue weighted by Gasteiger charge is 2.10. The molecule has 2 N–H and O–H groups in total. The van der Waals surface area contributed by atoms with Gasteiger partial charge in [0.25, 0.3) is 5.91 Å². The predicted octanol–water partition coefficient (Wildman–Crippen LogP) is 2.99. The standard InChI is InChI=1S/C16H20N2O2/c1-11-6-7-13(16(19)17-3)10-15(11)18-12(2)9-14-5-4-8-20-14/h4-8,10,12,18H,9H2,1-3H3,(H,17,19). The maximum Gasteiger partial charge on any atom is 0.251 e. The Morgan fingerprint density at radius 1 is 1.35 bits per heavy atom. The van der Waals surface area contributed by atoms with Crippen LogP contribution in [-0.2, 0) is 6.42 Å². The average molecular weight is 272 g/mol. The van der Waals surface area contributed by atoms with Crippen molar-refractivity contribution in [2.45, 2.75) is 26.3 Å². The molecule has 1 aromatic heterocycles. The Morgan fingerprint density at radius 3 is 2.80 bits per heavy atom. The third kappa shape index (κ3) is 3.41. The van der Waals surface area contributed by atoms with E-state index < -0.39 is 0 Å². The van der Waals surface area contributed by atoms with Crippen LogP contribution < -0.4 is 10.6 Å². The van der Waals surface area contributed by atoms with Gasteiger partial charge >= 0.3 is 0 Å². The summed E-state index contributed by atoms with van der Waals surface area (Å²) in [4.78, 5) is 11.7. The van der Waals surface area contributed by atoms with Crippen LogP contribution in [0.5, 0.6) is 0 Å². The van der Waals surface area contributed by atoms with Crippen molar-refractivity contribution in [1.29, 1.82) is 0 Å². The van der Waals surface area contributed by atoms with Crippen LogP contribution in [0.4, 0.5) is 5.69 Å². The van der Waals surface area contributed by atoms with Crippen molar-refractivity contribution in [2.24, 2.45) is 0 Å². The van der Waals surface area contributed by atoms with Gasteiger partial charge in [0.15, 0.2) is 0 Å². The molecule has 4 heteroatoms. The number of amides is 1. The Labute approximate surface area is 119 Å². The molecule has 0 fully saturated rings. The summed E-state index contributed by atoms with van der Waals surface area (Å²) in [6, 6.07) is 9.74. The molecule has 0 spiro atoms. The van der Waals surface area contributed by atoms with E-state index in [0.717, 1.165) is 23.4 Å². The zero-order valence-corrected chi connectivity index (χ0v) is 12.1. The topological polar surface area (TPSA) is 54.3 Å². The minimum Gasteiger partial charge on any atom is -0.469 e. The molecule has 2 aromatic rings. The van der Waals surface area contributed by atoms with E-state index in [1.807, 2.05) is 37.3 Å². The van der Waals surface area contributed by atoms with Gasteiger partial charge in [-0.25, -0.2) is 0 Å². The highest BCUT2D eigenvalue weighted by atomic mass is 16.3. The van der Waals surface area contributed by atoms with Crippen LogP contribution in [-0.4, -0.2) is 19.0 Å². The summed E-state index contributed by atoms with van der Waals surface area (Å²) < 4.78 is 5.35. The van der Waals surface area contributed by atoms with E-state index in [1.165, 1.54) is 0 Å². The van der Waals surface area contributed by atoms with E-state index in [4.69, 9.17) is 4.42 Å². The molecule has 1 unspecified atom stereocenters. The van der Waals surface area contributed by atoms with Crippen molar-refractivity contribution < 1.29 is 9.21 Å². The number of hydrogen-bond acceptors (Lipinski definition) is 3. The van der Waals surface area contributed by atoms with E-state index in [1.54, 1.807) is 13.3 Å². The fourth-order valence-electron chi connectivity index (χ4n) is 2.11. The maximum absolute atomic E-state index is 11.7. The Hall–Kier alpha value is -2.23. The molecule has 1 aromatic carbocycles. The first-order valence-electron chi connectivity index (χ1n) is 6.72. The SMILES string of the molecule is CNC(=O)c1ccc(C)c(NC(C)Cc2ccco2)c1. The molecular weight excluding hydrogens is 252 g/mol. The number of hydrogen-bond donors (Lipinski definition) is 2. The minimum absolute atomic E-state index is 0.0771. The van der Waals surface area contributed by atoms with Crippen LogP contribution in [0.2, 0.25) is 0 Å². The number of anilines is 1. The highest BCUT2D eigenvalue weighted by Crippen LogP contribution is 2.19. The monoisotopic (exact) mass is 272 g/mol. The van der Waals surface area contributed by atoms with Gasteiger partial charge in [0.05, 0.1) is 6.26 Å². The van der Waals surface area contributed by atoms with Crippen LogP contribution in [0, 0.1) is 6.92 Å². The van der Waals surface area contributed by atoms with Crippen molar-refractivity contribution in [1.82, 2.24) is 5.32 Å². The molecule has 0 saturated carbocycles. The normalized spacial score (nSPS) is 11.9. The number of aryl methyl sites for hydroxylation is 1. The van der Waals surface area contributed by atoms with Crippen molar-refractivity contribution in [3.63, 3.8) is 0 Å². The van der Waals surface area contributed by atoms with Crippen LogP contribution in [0.25, 0.3) is 0 Å². The Kier molecular flexibility index (Phi) is 4.45. The second-order valence-corrected chi connectivity index (χ2v) is 4.94. The highest BCUT2D eigenvalue weighted by molar-refractivity contribution is 5.95. The van der Waals surface area contributed by atoms with Gasteiger partial charge in [0.2, 0.25) is 0 Å². The third-order valence-electron chi connectivity index (χ3n) is 3.22. The molecule has 0 aliphatic heterocycles. The summed E-state index contributed by atoms with van der Waals surface area (Å²) in [7, 11) is 1.63. The van der Waals surface area contributed by atoms with Gasteiger partial charge in [0, 0.05) is 30.8 Å². The molecule has 1 amide bonds. The van der Waals surface area contributed by atoms with Gasteiger partial charge in [-0.05, 0) is 43.7 Å². The Bertz CT molecular complexity index is 576. The molecule has 106 valence electrons. The first-order valence-corrected chi connectivity index (χ1v) is 6.72. The Balaban J connectivity index is 2.09. The maximum atomic E-state index is 11.7. The quantitative estimate of drug-likeness (QED) is 0.879. The summed E-state index contributed by atoms with van der Waals surface area (Å²) in [5.74, 6) is 0.872. The lowest BCUT2D eigenvalue weighted by molar-refractivity contribution is 0.0963. The van der Waals surface area contributed by atoms with E-state index in [-0.39, 0.29) is 11.9 Å². The summed E-state index contributed by atoms with van der Waals surface area (Å²) in [5.41, 5.74) is 2.75. The van der Waals surface area contributed by atoms with E-state index in [0.29, 0.717) is 5.56 Å². The van der Waals surface area contributed by atoms with Gasteiger partial charge in [-0.2, -0.15) is 0 Å². The lowest BCUT2D eigenvalue weighted by atomic mass is 10.1. The third-order valence-corrected chi connectivity index (χ3v) is 3.22. The summed E-state index contributed by atoms with van der Waals surface area (Å²) >= 11 is 0. The lowest BCUT2D eigenvalue weighted by Crippen LogP contribution is -2.20. The van der Waals surface area contributed by atoms with Gasteiger partial charge in [0.1, 0.15) is 5.76 Å². The Morgan fingerprint density at radius 2 is 2.15 bits per heavy atom. The van der Waals surface area contributed by atoms with Gasteiger partial charge in [-0.15, -0.1) is 0 Å². The summed E-state index contributed by atoms with van der Waals surface area (Å²) in [6.07, 6.45) is 2.48. The van der Waals surface area contributed by atoms with Crippen molar-refractivity contribution in [3.05, 3.63) is 53.5 Å². The molecule has 4 nitrogen and oxygen atoms in total. The zero-order valence-electron chi connectivity index (χ0n) is 12.1. The zero-order chi connectivity index (χ0) is 14.5. The fourth-order valence-corrected chi connectivity index (χ4v) is 2.11. The number of benzene rings is 1. The molecule has 0 radical (unpaired) electrons. The van der Waals surface area contributed by atoms with E-state index in [2.05, 4.69) is 17.6 Å². The molecular formula is C16H20N2O2.